The molecule has 3 N–H and O–H groups in total. The van der Waals surface area contributed by atoms with Crippen molar-refractivity contribution in [2.24, 2.45) is 11.1 Å². The van der Waals surface area contributed by atoms with Crippen LogP contribution in [-0.4, -0.2) is 52.7 Å². The van der Waals surface area contributed by atoms with Gasteiger partial charge in [0.15, 0.2) is 0 Å². The normalized spacial score (nSPS) is 27.1. The summed E-state index contributed by atoms with van der Waals surface area (Å²) in [5.41, 5.74) is 9.10. The van der Waals surface area contributed by atoms with Crippen LogP contribution in [0.3, 0.4) is 0 Å². The number of carbonyl (C=O) groups excluding carboxylic acids is 3. The molecule has 1 aromatic rings. The monoisotopic (exact) mass is 398 g/mol. The minimum absolute atomic E-state index is 0.120. The number of hydrogen-bond acceptors (Lipinski definition) is 5. The van der Waals surface area contributed by atoms with Crippen LogP contribution in [0.4, 0.5) is 0 Å². The number of amides is 3. The van der Waals surface area contributed by atoms with Crippen molar-refractivity contribution in [2.45, 2.75) is 64.7 Å². The summed E-state index contributed by atoms with van der Waals surface area (Å²) >= 11 is 0. The van der Waals surface area contributed by atoms with Crippen LogP contribution >= 0.6 is 0 Å². The Labute approximate surface area is 171 Å². The second-order valence-corrected chi connectivity index (χ2v) is 9.16. The fourth-order valence-corrected chi connectivity index (χ4v) is 5.23. The molecule has 3 amide bonds. The Bertz CT molecular complexity index is 850. The Morgan fingerprint density at radius 2 is 2.03 bits per heavy atom. The first kappa shape index (κ1) is 20.0. The number of fused-ring (bicyclic) bond motifs is 1. The van der Waals surface area contributed by atoms with Crippen LogP contribution in [-0.2, 0) is 22.7 Å². The Morgan fingerprint density at radius 3 is 2.76 bits per heavy atom. The zero-order valence-electron chi connectivity index (χ0n) is 17.2. The topological polar surface area (TPSA) is 95.7 Å². The number of nitrogens with one attached hydrogen (secondary N) is 1. The van der Waals surface area contributed by atoms with E-state index < -0.39 is 6.04 Å². The zero-order valence-corrected chi connectivity index (χ0v) is 17.2. The van der Waals surface area contributed by atoms with Crippen LogP contribution in [0.2, 0.25) is 0 Å². The molecule has 0 spiro atoms. The number of likely N-dealkylation sites (tertiary alicyclic amines) is 1. The predicted octanol–water partition coefficient (Wildman–Crippen LogP) is 1.40. The van der Waals surface area contributed by atoms with Gasteiger partial charge in [-0.1, -0.05) is 26.0 Å². The Hall–Kier alpha value is -2.25. The van der Waals surface area contributed by atoms with Gasteiger partial charge in [-0.3, -0.25) is 24.6 Å². The van der Waals surface area contributed by atoms with E-state index in [4.69, 9.17) is 5.73 Å². The average molecular weight is 399 g/mol. The van der Waals surface area contributed by atoms with Crippen LogP contribution in [0, 0.1) is 5.41 Å². The number of benzene rings is 1. The highest BCUT2D eigenvalue weighted by Crippen LogP contribution is 2.37. The molecule has 1 aromatic carbocycles. The van der Waals surface area contributed by atoms with Crippen molar-refractivity contribution in [3.8, 4) is 0 Å². The number of imide groups is 1. The van der Waals surface area contributed by atoms with Crippen LogP contribution in [0.15, 0.2) is 18.2 Å². The van der Waals surface area contributed by atoms with E-state index in [0.717, 1.165) is 30.6 Å². The molecule has 3 aliphatic heterocycles. The summed E-state index contributed by atoms with van der Waals surface area (Å²) < 4.78 is 0. The minimum Gasteiger partial charge on any atom is -0.329 e. The molecule has 29 heavy (non-hydrogen) atoms. The summed E-state index contributed by atoms with van der Waals surface area (Å²) in [6.07, 6.45) is 2.96. The first-order valence-corrected chi connectivity index (χ1v) is 10.5. The molecule has 3 heterocycles. The SMILES string of the molecule is CC1(C)CCCN(Cc2cccc3c2CN(C2CCC(=O)NC2=O)C3=O)C1CN. The van der Waals surface area contributed by atoms with Gasteiger partial charge in [-0.25, -0.2) is 0 Å². The fraction of sp³-hybridized carbons (Fsp3) is 0.591. The van der Waals surface area contributed by atoms with Crippen molar-refractivity contribution in [1.29, 1.82) is 0 Å². The van der Waals surface area contributed by atoms with Crippen molar-refractivity contribution in [1.82, 2.24) is 15.1 Å². The highest BCUT2D eigenvalue weighted by Gasteiger charge is 2.41. The Morgan fingerprint density at radius 1 is 1.24 bits per heavy atom. The van der Waals surface area contributed by atoms with E-state index >= 15 is 0 Å². The molecule has 156 valence electrons. The van der Waals surface area contributed by atoms with E-state index in [1.165, 1.54) is 6.42 Å². The molecule has 2 atom stereocenters. The summed E-state index contributed by atoms with van der Waals surface area (Å²) in [4.78, 5) is 40.8. The molecule has 0 aliphatic carbocycles. The molecule has 7 heteroatoms. The molecular formula is C22H30N4O3. The molecule has 0 saturated carbocycles. The first-order chi connectivity index (χ1) is 13.8. The van der Waals surface area contributed by atoms with E-state index in [9.17, 15) is 14.4 Å². The summed E-state index contributed by atoms with van der Waals surface area (Å²) in [6, 6.07) is 5.57. The number of piperidine rings is 2. The highest BCUT2D eigenvalue weighted by molar-refractivity contribution is 6.05. The molecule has 3 aliphatic rings. The van der Waals surface area contributed by atoms with E-state index in [-0.39, 0.29) is 29.6 Å². The second-order valence-electron chi connectivity index (χ2n) is 9.16. The molecule has 2 fully saturated rings. The fourth-order valence-electron chi connectivity index (χ4n) is 5.23. The molecule has 0 bridgehead atoms. The van der Waals surface area contributed by atoms with Gasteiger partial charge in [0.1, 0.15) is 6.04 Å². The van der Waals surface area contributed by atoms with Gasteiger partial charge in [0.05, 0.1) is 0 Å². The lowest BCUT2D eigenvalue weighted by Gasteiger charge is -2.46. The largest absolute Gasteiger partial charge is 0.329 e. The zero-order chi connectivity index (χ0) is 20.8. The van der Waals surface area contributed by atoms with E-state index in [2.05, 4.69) is 30.1 Å². The van der Waals surface area contributed by atoms with Crippen LogP contribution in [0.25, 0.3) is 0 Å². The number of rotatable bonds is 4. The van der Waals surface area contributed by atoms with Crippen LogP contribution in [0.5, 0.6) is 0 Å². The lowest BCUT2D eigenvalue weighted by molar-refractivity contribution is -0.136. The Balaban J connectivity index is 1.57. The number of nitrogens with two attached hydrogens (primary N) is 1. The number of carbonyl (C=O) groups is 3. The van der Waals surface area contributed by atoms with Gasteiger partial charge in [-0.15, -0.1) is 0 Å². The second kappa shape index (κ2) is 7.54. The third kappa shape index (κ3) is 3.57. The number of nitrogens with zero attached hydrogens (tertiary/aromatic N) is 2. The average Bonchev–Trinajstić information content (AvgIpc) is 2.99. The number of hydrogen-bond donors (Lipinski definition) is 2. The quantitative estimate of drug-likeness (QED) is 0.748. The van der Waals surface area contributed by atoms with Gasteiger partial charge in [0, 0.05) is 37.7 Å². The lowest BCUT2D eigenvalue weighted by Crippen LogP contribution is -2.53. The van der Waals surface area contributed by atoms with Crippen molar-refractivity contribution < 1.29 is 14.4 Å². The molecule has 0 aromatic heterocycles. The smallest absolute Gasteiger partial charge is 0.255 e. The van der Waals surface area contributed by atoms with Crippen LogP contribution < -0.4 is 11.1 Å². The van der Waals surface area contributed by atoms with Crippen molar-refractivity contribution in [3.05, 3.63) is 34.9 Å². The molecule has 7 nitrogen and oxygen atoms in total. The summed E-state index contributed by atoms with van der Waals surface area (Å²) in [5.74, 6) is -0.757. The summed E-state index contributed by atoms with van der Waals surface area (Å²) in [5, 5.41) is 2.36. The van der Waals surface area contributed by atoms with Gasteiger partial charge in [-0.2, -0.15) is 0 Å². The maximum atomic E-state index is 13.0. The van der Waals surface area contributed by atoms with Crippen molar-refractivity contribution >= 4 is 17.7 Å². The van der Waals surface area contributed by atoms with Gasteiger partial charge < -0.3 is 10.6 Å². The molecular weight excluding hydrogens is 368 g/mol. The maximum Gasteiger partial charge on any atom is 0.255 e. The molecule has 0 radical (unpaired) electrons. The molecule has 4 rings (SSSR count). The third-order valence-electron chi connectivity index (χ3n) is 6.89. The van der Waals surface area contributed by atoms with Crippen molar-refractivity contribution in [2.75, 3.05) is 13.1 Å². The van der Waals surface area contributed by atoms with E-state index in [1.807, 2.05) is 12.1 Å². The standard InChI is InChI=1S/C22H30N4O3/c1-22(2)9-4-10-25(18(22)11-23)12-14-5-3-6-15-16(14)13-26(21(15)29)17-7-8-19(27)24-20(17)28/h3,5-6,17-18H,4,7-13,23H2,1-2H3,(H,24,27,28). The van der Waals surface area contributed by atoms with E-state index in [1.54, 1.807) is 4.90 Å². The predicted molar refractivity (Wildman–Crippen MR) is 109 cm³/mol. The first-order valence-electron chi connectivity index (χ1n) is 10.5. The highest BCUT2D eigenvalue weighted by atomic mass is 16.2. The van der Waals surface area contributed by atoms with Crippen molar-refractivity contribution in [3.63, 3.8) is 0 Å². The van der Waals surface area contributed by atoms with Gasteiger partial charge in [0.2, 0.25) is 11.8 Å². The summed E-state index contributed by atoms with van der Waals surface area (Å²) in [7, 11) is 0. The Kier molecular flexibility index (Phi) is 5.21. The lowest BCUT2D eigenvalue weighted by atomic mass is 9.76. The third-order valence-corrected chi connectivity index (χ3v) is 6.89. The molecule has 2 unspecified atom stereocenters. The molecule has 2 saturated heterocycles. The van der Waals surface area contributed by atoms with E-state index in [0.29, 0.717) is 31.1 Å². The summed E-state index contributed by atoms with van der Waals surface area (Å²) in [6.45, 7) is 7.34. The van der Waals surface area contributed by atoms with Gasteiger partial charge in [0.25, 0.3) is 5.91 Å². The minimum atomic E-state index is -0.578. The van der Waals surface area contributed by atoms with Crippen LogP contribution in [0.1, 0.15) is 61.0 Å². The van der Waals surface area contributed by atoms with Gasteiger partial charge in [-0.05, 0) is 48.4 Å². The van der Waals surface area contributed by atoms with Gasteiger partial charge >= 0.3 is 0 Å². The maximum absolute atomic E-state index is 13.0.